The quantitative estimate of drug-likeness (QED) is 0.796. The highest BCUT2D eigenvalue weighted by atomic mass is 35.5. The third-order valence-electron chi connectivity index (χ3n) is 1.54. The van der Waals surface area contributed by atoms with E-state index >= 15 is 0 Å². The number of nitrogens with zero attached hydrogens (tertiary/aromatic N) is 2. The topological polar surface area (TPSA) is 33.2 Å². The second kappa shape index (κ2) is 5.42. The van der Waals surface area contributed by atoms with Gasteiger partial charge in [0.05, 0.1) is 5.51 Å². The van der Waals surface area contributed by atoms with Crippen molar-refractivity contribution in [3.05, 3.63) is 15.5 Å². The summed E-state index contributed by atoms with van der Waals surface area (Å²) in [5.41, 5.74) is 1.57. The van der Waals surface area contributed by atoms with Crippen molar-refractivity contribution in [2.24, 2.45) is 0 Å². The summed E-state index contributed by atoms with van der Waals surface area (Å²) in [5, 5.41) is 0.297. The number of halogens is 2. The molecule has 1 heterocycles. The molecule has 0 saturated carbocycles. The van der Waals surface area contributed by atoms with E-state index in [4.69, 9.17) is 11.6 Å². The number of hydrogen-bond donors (Lipinski definition) is 0. The Balaban J connectivity index is 0.00000144. The number of hydrogen-bond acceptors (Lipinski definition) is 3. The molecule has 1 aromatic rings. The first-order valence-electron chi connectivity index (χ1n) is 3.51. The second-order valence-corrected chi connectivity index (χ2v) is 3.50. The third kappa shape index (κ3) is 2.83. The van der Waals surface area contributed by atoms with Crippen LogP contribution in [0.15, 0.2) is 5.51 Å². The Morgan fingerprint density at radius 2 is 2.38 bits per heavy atom. The Labute approximate surface area is 92.1 Å². The van der Waals surface area contributed by atoms with E-state index in [1.807, 2.05) is 6.92 Å². The lowest BCUT2D eigenvalue weighted by atomic mass is 10.4. The minimum Gasteiger partial charge on any atom is -0.341 e. The monoisotopic (exact) mass is 240 g/mol. The number of rotatable bonds is 2. The molecule has 0 fully saturated rings. The maximum atomic E-state index is 11.5. The van der Waals surface area contributed by atoms with Crippen molar-refractivity contribution in [3.8, 4) is 0 Å². The molecule has 0 spiro atoms. The summed E-state index contributed by atoms with van der Waals surface area (Å²) >= 11 is 6.95. The van der Waals surface area contributed by atoms with Gasteiger partial charge in [0.1, 0.15) is 4.88 Å². The van der Waals surface area contributed by atoms with Crippen LogP contribution in [0.25, 0.3) is 0 Å². The smallest absolute Gasteiger partial charge is 0.266 e. The van der Waals surface area contributed by atoms with Crippen molar-refractivity contribution in [2.45, 2.75) is 6.92 Å². The van der Waals surface area contributed by atoms with Crippen LogP contribution < -0.4 is 0 Å². The fraction of sp³-hybridized carbons (Fsp3) is 0.429. The molecular weight excluding hydrogens is 231 g/mol. The number of carbonyl (C=O) groups is 1. The average molecular weight is 241 g/mol. The zero-order valence-electron chi connectivity index (χ0n) is 7.28. The molecule has 3 nitrogen and oxygen atoms in total. The first-order chi connectivity index (χ1) is 5.66. The molecule has 0 unspecified atom stereocenters. The lowest BCUT2D eigenvalue weighted by Crippen LogP contribution is -2.25. The Hall–Kier alpha value is -0.320. The van der Waals surface area contributed by atoms with Crippen molar-refractivity contribution in [3.63, 3.8) is 0 Å². The maximum absolute atomic E-state index is 11.5. The lowest BCUT2D eigenvalue weighted by Gasteiger charge is -2.12. The van der Waals surface area contributed by atoms with Gasteiger partial charge in [-0.25, -0.2) is 4.98 Å². The van der Waals surface area contributed by atoms with Crippen LogP contribution in [-0.4, -0.2) is 29.4 Å². The average Bonchev–Trinajstić information content (AvgIpc) is 2.48. The van der Waals surface area contributed by atoms with Crippen LogP contribution in [0.4, 0.5) is 0 Å². The third-order valence-corrected chi connectivity index (χ3v) is 2.75. The lowest BCUT2D eigenvalue weighted by molar-refractivity contribution is 0.0807. The van der Waals surface area contributed by atoms with Crippen LogP contribution in [0.5, 0.6) is 0 Å². The summed E-state index contributed by atoms with van der Waals surface area (Å²) in [6, 6.07) is 0. The van der Waals surface area contributed by atoms with Gasteiger partial charge in [0.25, 0.3) is 5.91 Å². The van der Waals surface area contributed by atoms with E-state index in [-0.39, 0.29) is 18.3 Å². The van der Waals surface area contributed by atoms with Gasteiger partial charge in [-0.05, 0) is 6.92 Å². The van der Waals surface area contributed by atoms with E-state index in [2.05, 4.69) is 4.98 Å². The molecule has 1 aromatic heterocycles. The van der Waals surface area contributed by atoms with Gasteiger partial charge in [0, 0.05) is 13.6 Å². The predicted molar refractivity (Wildman–Crippen MR) is 57.0 cm³/mol. The van der Waals surface area contributed by atoms with Gasteiger partial charge in [0.15, 0.2) is 5.15 Å². The van der Waals surface area contributed by atoms with E-state index in [0.717, 1.165) is 0 Å². The Bertz CT molecular complexity index is 290. The van der Waals surface area contributed by atoms with Crippen molar-refractivity contribution in [1.29, 1.82) is 0 Å². The summed E-state index contributed by atoms with van der Waals surface area (Å²) < 4.78 is 0. The minimum absolute atomic E-state index is 0. The van der Waals surface area contributed by atoms with E-state index in [1.165, 1.54) is 11.3 Å². The van der Waals surface area contributed by atoms with Crippen molar-refractivity contribution >= 4 is 41.3 Å². The highest BCUT2D eigenvalue weighted by Gasteiger charge is 2.15. The largest absolute Gasteiger partial charge is 0.341 e. The molecule has 0 saturated heterocycles. The van der Waals surface area contributed by atoms with Crippen LogP contribution >= 0.6 is 35.3 Å². The summed E-state index contributed by atoms with van der Waals surface area (Å²) in [7, 11) is 1.73. The van der Waals surface area contributed by atoms with Gasteiger partial charge in [0.2, 0.25) is 0 Å². The van der Waals surface area contributed by atoms with Crippen molar-refractivity contribution in [1.82, 2.24) is 9.88 Å². The van der Waals surface area contributed by atoms with Gasteiger partial charge in [-0.1, -0.05) is 11.6 Å². The molecule has 1 rings (SSSR count). The van der Waals surface area contributed by atoms with Gasteiger partial charge < -0.3 is 4.90 Å². The van der Waals surface area contributed by atoms with Gasteiger partial charge in [-0.15, -0.1) is 23.7 Å². The molecule has 6 heteroatoms. The Morgan fingerprint density at radius 3 is 2.77 bits per heavy atom. The number of aromatic nitrogens is 1. The molecule has 13 heavy (non-hydrogen) atoms. The number of amides is 1. The molecule has 0 aliphatic heterocycles. The molecule has 0 aliphatic rings. The molecule has 0 aliphatic carbocycles. The highest BCUT2D eigenvalue weighted by molar-refractivity contribution is 7.12. The predicted octanol–water partition coefficient (Wildman–Crippen LogP) is 2.31. The van der Waals surface area contributed by atoms with Crippen LogP contribution in [0, 0.1) is 0 Å². The molecule has 74 valence electrons. The van der Waals surface area contributed by atoms with Gasteiger partial charge >= 0.3 is 0 Å². The fourth-order valence-electron chi connectivity index (χ4n) is 0.688. The zero-order chi connectivity index (χ0) is 9.14. The summed E-state index contributed by atoms with van der Waals surface area (Å²) in [5.74, 6) is -0.0648. The van der Waals surface area contributed by atoms with Crippen molar-refractivity contribution < 1.29 is 4.79 Å². The zero-order valence-corrected chi connectivity index (χ0v) is 9.67. The Morgan fingerprint density at radius 1 is 1.77 bits per heavy atom. The molecule has 0 aromatic carbocycles. The van der Waals surface area contributed by atoms with Crippen LogP contribution in [-0.2, 0) is 0 Å². The number of carbonyl (C=O) groups excluding carboxylic acids is 1. The normalized spacial score (nSPS) is 9.15. The SMILES string of the molecule is CCN(C)C(=O)c1scnc1Cl.Cl. The highest BCUT2D eigenvalue weighted by Crippen LogP contribution is 2.19. The molecule has 0 atom stereocenters. The van der Waals surface area contributed by atoms with E-state index in [9.17, 15) is 4.79 Å². The standard InChI is InChI=1S/C7H9ClN2OS.ClH/c1-3-10(2)7(11)5-6(8)9-4-12-5;/h4H,3H2,1-2H3;1H. The minimum atomic E-state index is -0.0648. The van der Waals surface area contributed by atoms with Gasteiger partial charge in [-0.3, -0.25) is 4.79 Å². The first-order valence-corrected chi connectivity index (χ1v) is 4.77. The van der Waals surface area contributed by atoms with E-state index in [1.54, 1.807) is 17.5 Å². The molecular formula is C7H10Cl2N2OS. The molecule has 0 N–H and O–H groups in total. The summed E-state index contributed by atoms with van der Waals surface area (Å²) in [6.07, 6.45) is 0. The Kier molecular flexibility index (Phi) is 5.29. The van der Waals surface area contributed by atoms with Gasteiger partial charge in [-0.2, -0.15) is 0 Å². The van der Waals surface area contributed by atoms with Crippen LogP contribution in [0.2, 0.25) is 5.15 Å². The summed E-state index contributed by atoms with van der Waals surface area (Å²) in [6.45, 7) is 2.58. The fourth-order valence-corrected chi connectivity index (χ4v) is 1.68. The first kappa shape index (κ1) is 12.7. The van der Waals surface area contributed by atoms with Crippen LogP contribution in [0.3, 0.4) is 0 Å². The maximum Gasteiger partial charge on any atom is 0.266 e. The van der Waals surface area contributed by atoms with E-state index < -0.39 is 0 Å². The molecule has 0 bridgehead atoms. The van der Waals surface area contributed by atoms with E-state index in [0.29, 0.717) is 16.6 Å². The molecule has 1 amide bonds. The van der Waals surface area contributed by atoms with Crippen LogP contribution in [0.1, 0.15) is 16.6 Å². The second-order valence-electron chi connectivity index (χ2n) is 2.29. The van der Waals surface area contributed by atoms with Crippen molar-refractivity contribution in [2.75, 3.05) is 13.6 Å². The number of thiazole rings is 1. The molecule has 0 radical (unpaired) electrons. The summed E-state index contributed by atoms with van der Waals surface area (Å²) in [4.78, 5) is 17.4.